The van der Waals surface area contributed by atoms with Crippen LogP contribution in [0.2, 0.25) is 0 Å². The van der Waals surface area contributed by atoms with Crippen LogP contribution in [0.5, 0.6) is 0 Å². The third-order valence-electron chi connectivity index (χ3n) is 0.898. The van der Waals surface area contributed by atoms with Gasteiger partial charge in [-0.05, 0) is 13.0 Å². The summed E-state index contributed by atoms with van der Waals surface area (Å²) in [7, 11) is 0. The quantitative estimate of drug-likeness (QED) is 0.611. The van der Waals surface area contributed by atoms with Crippen LogP contribution in [-0.2, 0) is 5.11 Å². The molecule has 53 valence electrons. The fraction of sp³-hybridized carbons (Fsp3) is 0.333. The fourth-order valence-corrected chi connectivity index (χ4v) is 0.555. The van der Waals surface area contributed by atoms with Crippen molar-refractivity contribution in [2.45, 2.75) is 13.2 Å². The highest BCUT2D eigenvalue weighted by Gasteiger charge is 1.96. The molecule has 1 atom stereocenters. The van der Waals surface area contributed by atoms with Crippen molar-refractivity contribution in [3.8, 4) is 0 Å². The van der Waals surface area contributed by atoms with E-state index in [4.69, 9.17) is 0 Å². The van der Waals surface area contributed by atoms with Gasteiger partial charge in [-0.1, -0.05) is 0 Å². The predicted molar refractivity (Wildman–Crippen MR) is 35.8 cm³/mol. The molecule has 0 spiro atoms. The highest BCUT2D eigenvalue weighted by Crippen LogP contribution is 1.94. The van der Waals surface area contributed by atoms with E-state index in [1.165, 1.54) is 6.92 Å². The first-order valence-corrected chi connectivity index (χ1v) is 2.98. The minimum Gasteiger partial charge on any atom is -0.326 e. The Morgan fingerprint density at radius 1 is 1.50 bits per heavy atom. The summed E-state index contributed by atoms with van der Waals surface area (Å²) >= 11 is 0. The molecule has 1 unspecified atom stereocenters. The van der Waals surface area contributed by atoms with Gasteiger partial charge in [-0.15, -0.1) is 0 Å². The summed E-state index contributed by atoms with van der Waals surface area (Å²) in [5, 5.41) is 13.0. The Labute approximate surface area is 58.9 Å². The van der Waals surface area contributed by atoms with E-state index in [2.05, 4.69) is 15.3 Å². The highest BCUT2D eigenvalue weighted by molar-refractivity contribution is 5.21. The van der Waals surface area contributed by atoms with Gasteiger partial charge < -0.3 is 5.32 Å². The number of hydrogen-bond donors (Lipinski definition) is 1. The van der Waals surface area contributed by atoms with Crippen LogP contribution in [-0.4, -0.2) is 16.2 Å². The zero-order chi connectivity index (χ0) is 7.40. The summed E-state index contributed by atoms with van der Waals surface area (Å²) < 4.78 is 0. The van der Waals surface area contributed by atoms with Crippen LogP contribution in [0.3, 0.4) is 0 Å². The summed E-state index contributed by atoms with van der Waals surface area (Å²) in [6.07, 6.45) is 2.30. The first kappa shape index (κ1) is 6.95. The molecule has 4 nitrogen and oxygen atoms in total. The van der Waals surface area contributed by atoms with Crippen molar-refractivity contribution in [3.63, 3.8) is 0 Å². The van der Waals surface area contributed by atoms with Crippen molar-refractivity contribution in [1.29, 1.82) is 0 Å². The van der Waals surface area contributed by atoms with Crippen LogP contribution in [0.4, 0.5) is 5.95 Å². The van der Waals surface area contributed by atoms with Crippen LogP contribution in [0.15, 0.2) is 18.5 Å². The maximum absolute atomic E-state index is 10.5. The van der Waals surface area contributed by atoms with E-state index in [1.54, 1.807) is 18.5 Å². The molecule has 0 aliphatic heterocycles. The van der Waals surface area contributed by atoms with E-state index >= 15 is 0 Å². The Bertz CT molecular complexity index is 187. The normalized spacial score (nSPS) is 12.6. The second kappa shape index (κ2) is 3.12. The summed E-state index contributed by atoms with van der Waals surface area (Å²) in [5.74, 6) is 0.380. The van der Waals surface area contributed by atoms with E-state index < -0.39 is 6.23 Å². The second-order valence-corrected chi connectivity index (χ2v) is 1.86. The lowest BCUT2D eigenvalue weighted by atomic mass is 10.6. The minimum atomic E-state index is -0.859. The third-order valence-corrected chi connectivity index (χ3v) is 0.898. The monoisotopic (exact) mass is 138 g/mol. The molecule has 1 aromatic heterocycles. The zero-order valence-electron chi connectivity index (χ0n) is 5.61. The maximum atomic E-state index is 10.5. The van der Waals surface area contributed by atoms with Crippen LogP contribution in [0.1, 0.15) is 6.92 Å². The summed E-state index contributed by atoms with van der Waals surface area (Å²) in [4.78, 5) is 7.59. The molecule has 1 heterocycles. The van der Waals surface area contributed by atoms with E-state index in [0.29, 0.717) is 5.95 Å². The van der Waals surface area contributed by atoms with Crippen LogP contribution in [0, 0.1) is 0 Å². The Kier molecular flexibility index (Phi) is 2.17. The molecule has 1 aromatic rings. The van der Waals surface area contributed by atoms with E-state index in [9.17, 15) is 5.11 Å². The van der Waals surface area contributed by atoms with Gasteiger partial charge in [0.05, 0.1) is 0 Å². The largest absolute Gasteiger partial charge is 0.326 e. The Morgan fingerprint density at radius 2 is 2.10 bits per heavy atom. The molecule has 10 heavy (non-hydrogen) atoms. The van der Waals surface area contributed by atoms with Crippen LogP contribution in [0.25, 0.3) is 0 Å². The van der Waals surface area contributed by atoms with Crippen molar-refractivity contribution >= 4 is 5.95 Å². The van der Waals surface area contributed by atoms with Crippen molar-refractivity contribution in [1.82, 2.24) is 9.97 Å². The molecular formula is C6H8N3O. The van der Waals surface area contributed by atoms with Gasteiger partial charge in [0.2, 0.25) is 5.95 Å². The SMILES string of the molecule is CC([O])Nc1ncccn1. The number of rotatable bonds is 2. The lowest BCUT2D eigenvalue weighted by molar-refractivity contribution is 0.129. The third kappa shape index (κ3) is 1.99. The first-order valence-electron chi connectivity index (χ1n) is 2.98. The Hall–Kier alpha value is -1.16. The van der Waals surface area contributed by atoms with Crippen molar-refractivity contribution in [2.24, 2.45) is 0 Å². The topological polar surface area (TPSA) is 57.7 Å². The number of nitrogens with one attached hydrogen (secondary N) is 1. The van der Waals surface area contributed by atoms with E-state index in [0.717, 1.165) is 0 Å². The molecule has 0 fully saturated rings. The lowest BCUT2D eigenvalue weighted by Crippen LogP contribution is -2.13. The molecule has 1 rings (SSSR count). The molecule has 0 amide bonds. The number of anilines is 1. The van der Waals surface area contributed by atoms with Crippen molar-refractivity contribution < 1.29 is 5.11 Å². The average molecular weight is 138 g/mol. The Morgan fingerprint density at radius 3 is 2.60 bits per heavy atom. The molecule has 1 N–H and O–H groups in total. The van der Waals surface area contributed by atoms with E-state index in [-0.39, 0.29) is 0 Å². The predicted octanol–water partition coefficient (Wildman–Crippen LogP) is 0.665. The van der Waals surface area contributed by atoms with Gasteiger partial charge in [-0.3, -0.25) is 0 Å². The standard InChI is InChI=1S/C6H8N3O/c1-5(10)9-6-7-3-2-4-8-6/h2-5H,1H3,(H,7,8,9). The van der Waals surface area contributed by atoms with Gasteiger partial charge in [-0.25, -0.2) is 15.1 Å². The van der Waals surface area contributed by atoms with Gasteiger partial charge >= 0.3 is 0 Å². The fourth-order valence-electron chi connectivity index (χ4n) is 0.555. The minimum absolute atomic E-state index is 0.380. The summed E-state index contributed by atoms with van der Waals surface area (Å²) in [5.41, 5.74) is 0. The van der Waals surface area contributed by atoms with Gasteiger partial charge in [0.25, 0.3) is 0 Å². The molecule has 0 saturated carbocycles. The molecule has 0 aromatic carbocycles. The average Bonchev–Trinajstić information content (AvgIpc) is 1.88. The van der Waals surface area contributed by atoms with Crippen molar-refractivity contribution in [3.05, 3.63) is 18.5 Å². The molecule has 0 aliphatic carbocycles. The highest BCUT2D eigenvalue weighted by atomic mass is 16.3. The van der Waals surface area contributed by atoms with Gasteiger partial charge in [-0.2, -0.15) is 0 Å². The van der Waals surface area contributed by atoms with Gasteiger partial charge in [0.15, 0.2) is 6.23 Å². The van der Waals surface area contributed by atoms with E-state index in [1.807, 2.05) is 0 Å². The Balaban J connectivity index is 2.59. The molecule has 4 heteroatoms. The second-order valence-electron chi connectivity index (χ2n) is 1.86. The number of aromatic nitrogens is 2. The van der Waals surface area contributed by atoms with Crippen molar-refractivity contribution in [2.75, 3.05) is 5.32 Å². The van der Waals surface area contributed by atoms with Crippen LogP contribution < -0.4 is 5.32 Å². The first-order chi connectivity index (χ1) is 4.79. The van der Waals surface area contributed by atoms with Gasteiger partial charge in [0.1, 0.15) is 0 Å². The molecule has 1 radical (unpaired) electrons. The molecular weight excluding hydrogens is 130 g/mol. The van der Waals surface area contributed by atoms with Crippen LogP contribution >= 0.6 is 0 Å². The summed E-state index contributed by atoms with van der Waals surface area (Å²) in [6, 6.07) is 1.70. The smallest absolute Gasteiger partial charge is 0.224 e. The number of nitrogens with zero attached hydrogens (tertiary/aromatic N) is 2. The number of hydrogen-bond acceptors (Lipinski definition) is 3. The summed E-state index contributed by atoms with van der Waals surface area (Å²) in [6.45, 7) is 1.50. The zero-order valence-corrected chi connectivity index (χ0v) is 5.61. The molecule has 0 bridgehead atoms. The lowest BCUT2D eigenvalue weighted by Gasteiger charge is -2.02. The molecule has 0 aliphatic rings. The molecule has 0 saturated heterocycles. The van der Waals surface area contributed by atoms with Gasteiger partial charge in [0, 0.05) is 12.4 Å². The maximum Gasteiger partial charge on any atom is 0.224 e.